The molecule has 4 unspecified atom stereocenters. The number of hydrogen-bond donors (Lipinski definition) is 1. The molecular weight excluding hydrogens is 472 g/mol. The topological polar surface area (TPSA) is 99.2 Å². The number of piperidine rings is 2. The van der Waals surface area contributed by atoms with Gasteiger partial charge in [-0.15, -0.1) is 23.4 Å². The SMILES string of the molecule is C=CC1CC(C=C)C(C(=O)OC2CC(C)(C)N(O)C(C)(C)C2)C1C(=O)OC1CC(C)(C)N([O])C(C)(C)C1. The van der Waals surface area contributed by atoms with Gasteiger partial charge >= 0.3 is 11.9 Å². The molecule has 1 N–H and O–H groups in total. The van der Waals surface area contributed by atoms with Gasteiger partial charge in [0.15, 0.2) is 0 Å². The van der Waals surface area contributed by atoms with E-state index >= 15 is 0 Å². The van der Waals surface area contributed by atoms with Gasteiger partial charge in [0.1, 0.15) is 12.2 Å². The van der Waals surface area contributed by atoms with Gasteiger partial charge in [0, 0.05) is 47.8 Å². The quantitative estimate of drug-likeness (QED) is 0.385. The molecule has 1 aliphatic carbocycles. The lowest BCUT2D eigenvalue weighted by Crippen LogP contribution is -2.61. The van der Waals surface area contributed by atoms with Gasteiger partial charge in [-0.3, -0.25) is 9.59 Å². The molecule has 8 heteroatoms. The van der Waals surface area contributed by atoms with Gasteiger partial charge in [0.25, 0.3) is 0 Å². The summed E-state index contributed by atoms with van der Waals surface area (Å²) in [6.07, 6.45) is 4.97. The molecule has 0 amide bonds. The van der Waals surface area contributed by atoms with Crippen molar-refractivity contribution in [1.29, 1.82) is 0 Å². The molecule has 3 fully saturated rings. The largest absolute Gasteiger partial charge is 0.462 e. The minimum Gasteiger partial charge on any atom is -0.462 e. The highest BCUT2D eigenvalue weighted by Crippen LogP contribution is 2.47. The highest BCUT2D eigenvalue weighted by Gasteiger charge is 2.54. The van der Waals surface area contributed by atoms with E-state index < -0.39 is 58.1 Å². The average Bonchev–Trinajstić information content (AvgIpc) is 3.14. The molecule has 2 aliphatic heterocycles. The van der Waals surface area contributed by atoms with Crippen molar-refractivity contribution in [2.75, 3.05) is 0 Å². The van der Waals surface area contributed by atoms with Crippen LogP contribution in [0.25, 0.3) is 0 Å². The third-order valence-corrected chi connectivity index (χ3v) is 8.72. The van der Waals surface area contributed by atoms with Crippen LogP contribution in [0.5, 0.6) is 0 Å². The number of allylic oxidation sites excluding steroid dienone is 2. The summed E-state index contributed by atoms with van der Waals surface area (Å²) in [6, 6.07) is 0. The summed E-state index contributed by atoms with van der Waals surface area (Å²) in [6.45, 7) is 23.0. The van der Waals surface area contributed by atoms with Crippen LogP contribution in [0.4, 0.5) is 0 Å². The van der Waals surface area contributed by atoms with Crippen LogP contribution < -0.4 is 0 Å². The van der Waals surface area contributed by atoms with Gasteiger partial charge in [-0.1, -0.05) is 12.2 Å². The van der Waals surface area contributed by atoms with Gasteiger partial charge < -0.3 is 14.7 Å². The molecule has 2 saturated heterocycles. The third-order valence-electron chi connectivity index (χ3n) is 8.72. The molecule has 0 aromatic carbocycles. The second-order valence-corrected chi connectivity index (χ2v) is 13.9. The first-order valence-corrected chi connectivity index (χ1v) is 13.5. The fourth-order valence-corrected chi connectivity index (χ4v) is 7.27. The molecule has 0 spiro atoms. The molecule has 0 aromatic heterocycles. The summed E-state index contributed by atoms with van der Waals surface area (Å²) in [5.41, 5.74) is -2.50. The van der Waals surface area contributed by atoms with E-state index in [0.717, 1.165) is 5.06 Å². The molecular formula is C29H47N2O6. The monoisotopic (exact) mass is 519 g/mol. The van der Waals surface area contributed by atoms with E-state index in [2.05, 4.69) is 13.2 Å². The second kappa shape index (κ2) is 10.1. The van der Waals surface area contributed by atoms with Crippen LogP contribution in [-0.2, 0) is 24.3 Å². The van der Waals surface area contributed by atoms with Crippen molar-refractivity contribution in [3.8, 4) is 0 Å². The molecule has 3 rings (SSSR count). The first-order chi connectivity index (χ1) is 16.9. The number of ether oxygens (including phenoxy) is 2. The van der Waals surface area contributed by atoms with Crippen molar-refractivity contribution in [2.24, 2.45) is 23.7 Å². The first kappa shape index (κ1) is 29.8. The molecule has 0 aromatic rings. The molecule has 2 heterocycles. The number of hydroxylamine groups is 4. The van der Waals surface area contributed by atoms with E-state index in [0.29, 0.717) is 32.1 Å². The van der Waals surface area contributed by atoms with Crippen LogP contribution in [0.3, 0.4) is 0 Å². The number of rotatable bonds is 6. The van der Waals surface area contributed by atoms with E-state index in [4.69, 9.17) is 9.47 Å². The smallest absolute Gasteiger partial charge is 0.310 e. The molecule has 37 heavy (non-hydrogen) atoms. The summed E-state index contributed by atoms with van der Waals surface area (Å²) in [7, 11) is 0. The molecule has 3 aliphatic rings. The van der Waals surface area contributed by atoms with Crippen LogP contribution in [0, 0.1) is 23.7 Å². The Labute approximate surface area is 222 Å². The normalized spacial score (nSPS) is 34.0. The highest BCUT2D eigenvalue weighted by atomic mass is 16.6. The van der Waals surface area contributed by atoms with Crippen LogP contribution in [0.15, 0.2) is 25.3 Å². The Balaban J connectivity index is 1.81. The summed E-state index contributed by atoms with van der Waals surface area (Å²) < 4.78 is 12.1. The summed E-state index contributed by atoms with van der Waals surface area (Å²) >= 11 is 0. The van der Waals surface area contributed by atoms with Crippen LogP contribution in [0.1, 0.15) is 87.5 Å². The van der Waals surface area contributed by atoms with Gasteiger partial charge in [-0.25, -0.2) is 0 Å². The lowest BCUT2D eigenvalue weighted by Gasteiger charge is -2.51. The zero-order valence-electron chi connectivity index (χ0n) is 24.0. The Kier molecular flexibility index (Phi) is 8.14. The van der Waals surface area contributed by atoms with E-state index in [1.807, 2.05) is 55.4 Å². The van der Waals surface area contributed by atoms with Crippen molar-refractivity contribution >= 4 is 11.9 Å². The molecule has 0 bridgehead atoms. The maximum absolute atomic E-state index is 13.7. The second-order valence-electron chi connectivity index (χ2n) is 13.9. The van der Waals surface area contributed by atoms with Crippen molar-refractivity contribution < 1.29 is 29.5 Å². The van der Waals surface area contributed by atoms with Gasteiger partial charge in [-0.05, 0) is 73.6 Å². The van der Waals surface area contributed by atoms with E-state index in [-0.39, 0.29) is 11.8 Å². The van der Waals surface area contributed by atoms with E-state index in [1.54, 1.807) is 12.2 Å². The van der Waals surface area contributed by atoms with Gasteiger partial charge in [0.2, 0.25) is 0 Å². The summed E-state index contributed by atoms with van der Waals surface area (Å²) in [5, 5.41) is 25.8. The number of carbonyl (C=O) groups excluding carboxylic acids is 2. The Morgan fingerprint density at radius 3 is 1.38 bits per heavy atom. The molecule has 8 nitrogen and oxygen atoms in total. The Morgan fingerprint density at radius 2 is 1.05 bits per heavy atom. The fourth-order valence-electron chi connectivity index (χ4n) is 7.27. The Bertz CT molecular complexity index is 802. The van der Waals surface area contributed by atoms with Crippen molar-refractivity contribution in [3.05, 3.63) is 25.3 Å². The average molecular weight is 520 g/mol. The van der Waals surface area contributed by atoms with Gasteiger partial charge in [-0.2, -0.15) is 5.06 Å². The predicted octanol–water partition coefficient (Wildman–Crippen LogP) is 5.09. The van der Waals surface area contributed by atoms with Crippen LogP contribution in [0.2, 0.25) is 0 Å². The summed E-state index contributed by atoms with van der Waals surface area (Å²) in [4.78, 5) is 27.3. The number of carbonyl (C=O) groups is 2. The molecule has 4 atom stereocenters. The Hall–Kier alpha value is -1.74. The first-order valence-electron chi connectivity index (χ1n) is 13.5. The van der Waals surface area contributed by atoms with E-state index in [1.165, 1.54) is 5.06 Å². The number of hydrogen-bond acceptors (Lipinski definition) is 7. The van der Waals surface area contributed by atoms with Crippen LogP contribution in [-0.4, -0.2) is 61.6 Å². The standard InChI is InChI=1S/C29H47N2O6/c1-11-18-13-19(12-2)23(25(33)37-21-16-28(7,8)31(35)29(9,10)17-21)22(18)24(32)36-20-14-26(3,4)30(34)27(5,6)15-20/h11-12,18-23,34H,1-2,13-17H2,3-10H3. The zero-order chi connectivity index (χ0) is 28.1. The minimum atomic E-state index is -0.733. The lowest BCUT2D eigenvalue weighted by molar-refractivity contribution is -0.299. The zero-order valence-corrected chi connectivity index (χ0v) is 24.0. The number of esters is 2. The van der Waals surface area contributed by atoms with Crippen molar-refractivity contribution in [3.63, 3.8) is 0 Å². The highest BCUT2D eigenvalue weighted by molar-refractivity contribution is 5.84. The fraction of sp³-hybridized carbons (Fsp3) is 0.793. The number of nitrogens with zero attached hydrogens (tertiary/aromatic N) is 2. The van der Waals surface area contributed by atoms with E-state index in [9.17, 15) is 20.0 Å². The molecule has 1 radical (unpaired) electrons. The third kappa shape index (κ3) is 5.82. The Morgan fingerprint density at radius 1 is 0.730 bits per heavy atom. The lowest BCUT2D eigenvalue weighted by atomic mass is 9.79. The van der Waals surface area contributed by atoms with Crippen molar-refractivity contribution in [2.45, 2.75) is 122 Å². The summed E-state index contributed by atoms with van der Waals surface area (Å²) in [5.74, 6) is -2.84. The maximum atomic E-state index is 13.7. The molecule has 1 saturated carbocycles. The maximum Gasteiger partial charge on any atom is 0.310 e. The van der Waals surface area contributed by atoms with Crippen LogP contribution >= 0.6 is 0 Å². The predicted molar refractivity (Wildman–Crippen MR) is 140 cm³/mol. The van der Waals surface area contributed by atoms with Gasteiger partial charge in [0.05, 0.1) is 11.8 Å². The van der Waals surface area contributed by atoms with Crippen molar-refractivity contribution in [1.82, 2.24) is 10.1 Å². The minimum absolute atomic E-state index is 0.247. The molecule has 209 valence electrons.